The van der Waals surface area contributed by atoms with Crippen molar-refractivity contribution in [3.63, 3.8) is 0 Å². The van der Waals surface area contributed by atoms with Crippen molar-refractivity contribution in [3.05, 3.63) is 89.4 Å². The number of alkyl halides is 3. The molecule has 6 nitrogen and oxygen atoms in total. The van der Waals surface area contributed by atoms with E-state index in [0.717, 1.165) is 59.7 Å². The Morgan fingerprint density at radius 3 is 2.38 bits per heavy atom. The second-order valence-corrected chi connectivity index (χ2v) is 9.92. The summed E-state index contributed by atoms with van der Waals surface area (Å²) in [5, 5.41) is 3.05. The van der Waals surface area contributed by atoms with Crippen LogP contribution in [0.5, 0.6) is 5.75 Å². The molecule has 1 fully saturated rings. The molecule has 5 rings (SSSR count). The summed E-state index contributed by atoms with van der Waals surface area (Å²) in [5.74, 6) is -0.0167. The van der Waals surface area contributed by atoms with Crippen LogP contribution in [-0.2, 0) is 20.0 Å². The van der Waals surface area contributed by atoms with Crippen LogP contribution < -0.4 is 15.0 Å². The smallest absolute Gasteiger partial charge is 0.406 e. The molecule has 1 saturated heterocycles. The van der Waals surface area contributed by atoms with Crippen molar-refractivity contribution in [2.24, 2.45) is 7.05 Å². The molecule has 0 radical (unpaired) electrons. The lowest BCUT2D eigenvalue weighted by Crippen LogP contribution is -2.32. The van der Waals surface area contributed by atoms with E-state index in [1.54, 1.807) is 12.1 Å². The number of fused-ring (bicyclic) bond motifs is 1. The van der Waals surface area contributed by atoms with E-state index in [2.05, 4.69) is 32.1 Å². The largest absolute Gasteiger partial charge is 0.573 e. The normalized spacial score (nSPS) is 14.5. The van der Waals surface area contributed by atoms with Gasteiger partial charge in [0.2, 0.25) is 0 Å². The highest BCUT2D eigenvalue weighted by atomic mass is 19.4. The first kappa shape index (κ1) is 26.6. The Morgan fingerprint density at radius 2 is 1.74 bits per heavy atom. The highest BCUT2D eigenvalue weighted by Gasteiger charge is 2.31. The third kappa shape index (κ3) is 6.19. The Kier molecular flexibility index (Phi) is 7.50. The van der Waals surface area contributed by atoms with Crippen LogP contribution in [0.4, 0.5) is 18.9 Å². The van der Waals surface area contributed by atoms with Crippen molar-refractivity contribution in [3.8, 4) is 17.0 Å². The number of halogens is 3. The highest BCUT2D eigenvalue weighted by molar-refractivity contribution is 6.02. The Labute approximate surface area is 225 Å². The SMILES string of the molecule is CCc1nc2ccn(C)cc-2c1C(=O)NCc1ccc(N2CCC(c3ccc(OC(F)(F)F)cc3)CC2)cc1. The topological polar surface area (TPSA) is 59.4 Å². The summed E-state index contributed by atoms with van der Waals surface area (Å²) >= 11 is 0. The molecule has 1 N–H and O–H groups in total. The van der Waals surface area contributed by atoms with Gasteiger partial charge in [0.15, 0.2) is 0 Å². The van der Waals surface area contributed by atoms with Crippen LogP contribution in [0.25, 0.3) is 11.3 Å². The zero-order valence-corrected chi connectivity index (χ0v) is 22.0. The van der Waals surface area contributed by atoms with Crippen LogP contribution >= 0.6 is 0 Å². The maximum atomic E-state index is 13.1. The molecule has 39 heavy (non-hydrogen) atoms. The fourth-order valence-electron chi connectivity index (χ4n) is 5.25. The van der Waals surface area contributed by atoms with Gasteiger partial charge >= 0.3 is 6.36 Å². The van der Waals surface area contributed by atoms with Gasteiger partial charge in [0.05, 0.1) is 17.0 Å². The summed E-state index contributed by atoms with van der Waals surface area (Å²) < 4.78 is 43.1. The molecule has 0 aliphatic carbocycles. The molecule has 3 aliphatic rings. The van der Waals surface area contributed by atoms with Gasteiger partial charge in [-0.3, -0.25) is 9.78 Å². The van der Waals surface area contributed by atoms with Crippen LogP contribution in [0.1, 0.15) is 52.9 Å². The third-order valence-electron chi connectivity index (χ3n) is 7.29. The number of aromatic nitrogens is 2. The molecule has 2 aromatic carbocycles. The number of nitrogens with one attached hydrogen (secondary N) is 1. The molecule has 0 aromatic heterocycles. The lowest BCUT2D eigenvalue weighted by Gasteiger charge is -2.34. The number of hydrogen-bond donors (Lipinski definition) is 1. The number of rotatable bonds is 7. The number of carbonyl (C=O) groups excluding carboxylic acids is 1. The van der Waals surface area contributed by atoms with Crippen LogP contribution in [-0.4, -0.2) is 34.9 Å². The van der Waals surface area contributed by atoms with E-state index in [0.29, 0.717) is 24.4 Å². The zero-order chi connectivity index (χ0) is 27.6. The quantitative estimate of drug-likeness (QED) is 0.301. The Bertz CT molecular complexity index is 1390. The molecule has 9 heteroatoms. The number of benzene rings is 2. The van der Waals surface area contributed by atoms with Crippen LogP contribution in [0.2, 0.25) is 0 Å². The van der Waals surface area contributed by atoms with Crippen molar-refractivity contribution in [2.45, 2.75) is 45.0 Å². The average molecular weight is 537 g/mol. The van der Waals surface area contributed by atoms with E-state index >= 15 is 0 Å². The van der Waals surface area contributed by atoms with E-state index < -0.39 is 6.36 Å². The Hall–Kier alpha value is -4.01. The fourth-order valence-corrected chi connectivity index (χ4v) is 5.25. The predicted molar refractivity (Wildman–Crippen MR) is 144 cm³/mol. The summed E-state index contributed by atoms with van der Waals surface area (Å²) in [6, 6.07) is 16.3. The molecule has 2 aromatic rings. The molecule has 0 saturated carbocycles. The molecule has 204 valence electrons. The van der Waals surface area contributed by atoms with Gasteiger partial charge in [-0.1, -0.05) is 31.2 Å². The minimum Gasteiger partial charge on any atom is -0.406 e. The number of aryl methyl sites for hydroxylation is 2. The summed E-state index contributed by atoms with van der Waals surface area (Å²) in [6.45, 7) is 4.14. The standard InChI is InChI=1S/C30H31F3N4O2/c1-3-26-28(25-19-36(2)15-14-27(25)35-26)29(38)34-18-20-4-8-23(9-5-20)37-16-12-22(13-17-37)21-6-10-24(11-7-21)39-30(31,32)33/h4-11,14-15,19,22H,3,12-13,16-18H2,1-2H3,(H,34,38). The molecule has 1 amide bonds. The number of nitrogens with zero attached hydrogens (tertiary/aromatic N) is 3. The van der Waals surface area contributed by atoms with Gasteiger partial charge in [0.25, 0.3) is 5.91 Å². The molecule has 3 aliphatic heterocycles. The lowest BCUT2D eigenvalue weighted by molar-refractivity contribution is -0.274. The number of piperidine rings is 1. The molecule has 0 atom stereocenters. The van der Waals surface area contributed by atoms with E-state index in [1.165, 1.54) is 12.1 Å². The Balaban J connectivity index is 1.15. The number of hydrogen-bond acceptors (Lipinski definition) is 4. The second kappa shape index (κ2) is 11.0. The van der Waals surface area contributed by atoms with Crippen LogP contribution in [0.3, 0.4) is 0 Å². The van der Waals surface area contributed by atoms with Crippen molar-refractivity contribution in [2.75, 3.05) is 18.0 Å². The second-order valence-electron chi connectivity index (χ2n) is 9.92. The Morgan fingerprint density at radius 1 is 1.05 bits per heavy atom. The zero-order valence-electron chi connectivity index (χ0n) is 22.0. The van der Waals surface area contributed by atoms with E-state index in [-0.39, 0.29) is 11.7 Å². The van der Waals surface area contributed by atoms with Gasteiger partial charge < -0.3 is 19.5 Å². The summed E-state index contributed by atoms with van der Waals surface area (Å²) in [6.07, 6.45) is 1.69. The maximum absolute atomic E-state index is 13.1. The van der Waals surface area contributed by atoms with E-state index in [9.17, 15) is 18.0 Å². The van der Waals surface area contributed by atoms with Gasteiger partial charge in [0, 0.05) is 50.3 Å². The van der Waals surface area contributed by atoms with Crippen molar-refractivity contribution in [1.82, 2.24) is 14.9 Å². The average Bonchev–Trinajstić information content (AvgIpc) is 3.29. The number of amides is 1. The molecular formula is C30H31F3N4O2. The minimum absolute atomic E-state index is 0.121. The van der Waals surface area contributed by atoms with E-state index in [4.69, 9.17) is 0 Å². The van der Waals surface area contributed by atoms with Gasteiger partial charge in [-0.15, -0.1) is 13.2 Å². The highest BCUT2D eigenvalue weighted by Crippen LogP contribution is 2.33. The van der Waals surface area contributed by atoms with Crippen molar-refractivity contribution in [1.29, 1.82) is 0 Å². The summed E-state index contributed by atoms with van der Waals surface area (Å²) in [4.78, 5) is 20.0. The van der Waals surface area contributed by atoms with Crippen LogP contribution in [0.15, 0.2) is 67.0 Å². The number of pyridine rings is 1. The molecule has 0 bridgehead atoms. The van der Waals surface area contributed by atoms with Gasteiger partial charge in [0.1, 0.15) is 5.75 Å². The molecule has 3 heterocycles. The maximum Gasteiger partial charge on any atom is 0.573 e. The van der Waals surface area contributed by atoms with Crippen LogP contribution in [0, 0.1) is 0 Å². The van der Waals surface area contributed by atoms with Gasteiger partial charge in [-0.25, -0.2) is 0 Å². The first-order valence-corrected chi connectivity index (χ1v) is 13.1. The number of ether oxygens (including phenoxy) is 1. The molecule has 0 spiro atoms. The predicted octanol–water partition coefficient (Wildman–Crippen LogP) is 6.30. The number of anilines is 1. The van der Waals surface area contributed by atoms with Crippen molar-refractivity contribution >= 4 is 11.6 Å². The minimum atomic E-state index is -4.68. The van der Waals surface area contributed by atoms with Crippen molar-refractivity contribution < 1.29 is 22.7 Å². The lowest BCUT2D eigenvalue weighted by atomic mass is 9.89. The van der Waals surface area contributed by atoms with Gasteiger partial charge in [-0.05, 0) is 66.6 Å². The van der Waals surface area contributed by atoms with E-state index in [1.807, 2.05) is 49.1 Å². The third-order valence-corrected chi connectivity index (χ3v) is 7.29. The monoisotopic (exact) mass is 536 g/mol. The summed E-state index contributed by atoms with van der Waals surface area (Å²) in [7, 11) is 1.93. The number of carbonyl (C=O) groups is 1. The molecular weight excluding hydrogens is 505 g/mol. The summed E-state index contributed by atoms with van der Waals surface area (Å²) in [5.41, 5.74) is 6.29. The fraction of sp³-hybridized carbons (Fsp3) is 0.333. The van der Waals surface area contributed by atoms with Gasteiger partial charge in [-0.2, -0.15) is 0 Å². The first-order chi connectivity index (χ1) is 18.7. The molecule has 0 unspecified atom stereocenters. The first-order valence-electron chi connectivity index (χ1n) is 13.1.